The highest BCUT2D eigenvalue weighted by Gasteiger charge is 2.27. The first-order valence-corrected chi connectivity index (χ1v) is 10.6. The van der Waals surface area contributed by atoms with Gasteiger partial charge in [-0.3, -0.25) is 4.79 Å². The summed E-state index contributed by atoms with van der Waals surface area (Å²) in [5.74, 6) is 2.40. The highest BCUT2D eigenvalue weighted by atomic mass is 16.5. The van der Waals surface area contributed by atoms with Crippen LogP contribution in [-0.2, 0) is 4.79 Å². The van der Waals surface area contributed by atoms with Crippen LogP contribution in [0.3, 0.4) is 0 Å². The number of nitrogen functional groups attached to an aromatic ring is 1. The second-order valence-corrected chi connectivity index (χ2v) is 7.80. The van der Waals surface area contributed by atoms with Crippen molar-refractivity contribution in [3.63, 3.8) is 0 Å². The standard InChI is InChI=1S/C25H24N6O2/c1-17(13-26)25(32)31-12-11-18(15-31)14-28-24-22(23(27)29-16-30-24)19-7-9-21(10-8-19)33-20-5-3-2-4-6-20/h2-10,16,18H,1,11-12,14-15H2,(H3,27,28,29,30). The van der Waals surface area contributed by atoms with Crippen LogP contribution in [-0.4, -0.2) is 40.4 Å². The quantitative estimate of drug-likeness (QED) is 0.423. The van der Waals surface area contributed by atoms with Crippen molar-refractivity contribution >= 4 is 17.5 Å². The fourth-order valence-corrected chi connectivity index (χ4v) is 3.80. The van der Waals surface area contributed by atoms with E-state index >= 15 is 0 Å². The molecule has 1 atom stereocenters. The number of nitriles is 1. The van der Waals surface area contributed by atoms with Gasteiger partial charge in [0, 0.05) is 19.6 Å². The van der Waals surface area contributed by atoms with Gasteiger partial charge in [-0.25, -0.2) is 9.97 Å². The lowest BCUT2D eigenvalue weighted by atomic mass is 10.1. The Labute approximate surface area is 192 Å². The number of hydrogen-bond donors (Lipinski definition) is 2. The Morgan fingerprint density at radius 1 is 1.18 bits per heavy atom. The normalized spacial score (nSPS) is 15.0. The third kappa shape index (κ3) is 5.10. The lowest BCUT2D eigenvalue weighted by molar-refractivity contribution is -0.125. The molecule has 1 fully saturated rings. The highest BCUT2D eigenvalue weighted by molar-refractivity contribution is 5.96. The second kappa shape index (κ2) is 9.83. The Hall–Kier alpha value is -4.38. The average Bonchev–Trinajstić information content (AvgIpc) is 3.32. The smallest absolute Gasteiger partial charge is 0.263 e. The largest absolute Gasteiger partial charge is 0.457 e. The van der Waals surface area contributed by atoms with E-state index in [4.69, 9.17) is 15.7 Å². The van der Waals surface area contributed by atoms with E-state index in [2.05, 4.69) is 21.9 Å². The van der Waals surface area contributed by atoms with Crippen molar-refractivity contribution in [1.82, 2.24) is 14.9 Å². The predicted molar refractivity (Wildman–Crippen MR) is 126 cm³/mol. The fraction of sp³-hybridized carbons (Fsp3) is 0.200. The van der Waals surface area contributed by atoms with Crippen LogP contribution in [0.5, 0.6) is 11.5 Å². The molecule has 1 aromatic heterocycles. The first-order valence-electron chi connectivity index (χ1n) is 10.6. The minimum absolute atomic E-state index is 0.0332. The molecule has 8 heteroatoms. The minimum atomic E-state index is -0.301. The zero-order valence-corrected chi connectivity index (χ0v) is 18.1. The summed E-state index contributed by atoms with van der Waals surface area (Å²) in [4.78, 5) is 22.4. The van der Waals surface area contributed by atoms with Crippen molar-refractivity contribution in [2.24, 2.45) is 5.92 Å². The van der Waals surface area contributed by atoms with E-state index in [0.717, 1.165) is 17.7 Å². The number of nitrogens with zero attached hydrogens (tertiary/aromatic N) is 4. The van der Waals surface area contributed by atoms with Crippen molar-refractivity contribution in [1.29, 1.82) is 5.26 Å². The number of likely N-dealkylation sites (tertiary alicyclic amines) is 1. The van der Waals surface area contributed by atoms with Gasteiger partial charge in [0.1, 0.15) is 41.1 Å². The van der Waals surface area contributed by atoms with Crippen LogP contribution < -0.4 is 15.8 Å². The molecule has 2 aromatic carbocycles. The number of benzene rings is 2. The SMILES string of the molecule is C=C(C#N)C(=O)N1CCC(CNc2ncnc(N)c2-c2ccc(Oc3ccccc3)cc2)C1. The molecule has 0 bridgehead atoms. The number of amides is 1. The van der Waals surface area contributed by atoms with Crippen LogP contribution in [0.25, 0.3) is 11.1 Å². The Kier molecular flexibility index (Phi) is 6.51. The first kappa shape index (κ1) is 21.8. The summed E-state index contributed by atoms with van der Waals surface area (Å²) in [6.07, 6.45) is 2.26. The lowest BCUT2D eigenvalue weighted by Gasteiger charge is -2.17. The van der Waals surface area contributed by atoms with Gasteiger partial charge in [-0.1, -0.05) is 36.9 Å². The summed E-state index contributed by atoms with van der Waals surface area (Å²) < 4.78 is 5.86. The molecule has 1 aliphatic heterocycles. The molecule has 0 radical (unpaired) electrons. The number of aromatic nitrogens is 2. The number of nitrogens with two attached hydrogens (primary N) is 1. The molecule has 4 rings (SSSR count). The summed E-state index contributed by atoms with van der Waals surface area (Å²) in [6.45, 7) is 5.29. The molecule has 0 aliphatic carbocycles. The highest BCUT2D eigenvalue weighted by Crippen LogP contribution is 2.33. The minimum Gasteiger partial charge on any atom is -0.457 e. The maximum absolute atomic E-state index is 12.2. The van der Waals surface area contributed by atoms with E-state index in [9.17, 15) is 4.79 Å². The number of rotatable bonds is 7. The molecule has 8 nitrogen and oxygen atoms in total. The molecule has 1 amide bonds. The summed E-state index contributed by atoms with van der Waals surface area (Å²) in [7, 11) is 0. The zero-order chi connectivity index (χ0) is 23.2. The van der Waals surface area contributed by atoms with E-state index in [1.807, 2.05) is 60.7 Å². The van der Waals surface area contributed by atoms with Gasteiger partial charge in [-0.2, -0.15) is 5.26 Å². The van der Waals surface area contributed by atoms with E-state index in [0.29, 0.717) is 42.6 Å². The Morgan fingerprint density at radius 3 is 2.64 bits per heavy atom. The van der Waals surface area contributed by atoms with Crippen molar-refractivity contribution in [2.45, 2.75) is 6.42 Å². The molecule has 3 N–H and O–H groups in total. The number of carbonyl (C=O) groups excluding carboxylic acids is 1. The molecule has 33 heavy (non-hydrogen) atoms. The summed E-state index contributed by atoms with van der Waals surface area (Å²) in [5, 5.41) is 12.3. The Balaban J connectivity index is 1.44. The van der Waals surface area contributed by atoms with Crippen LogP contribution in [0.15, 0.2) is 73.1 Å². The van der Waals surface area contributed by atoms with Crippen molar-refractivity contribution in [3.05, 3.63) is 73.1 Å². The van der Waals surface area contributed by atoms with Gasteiger partial charge in [0.2, 0.25) is 0 Å². The maximum Gasteiger partial charge on any atom is 0.263 e. The van der Waals surface area contributed by atoms with Crippen LogP contribution in [0.2, 0.25) is 0 Å². The van der Waals surface area contributed by atoms with Crippen molar-refractivity contribution < 1.29 is 9.53 Å². The summed E-state index contributed by atoms with van der Waals surface area (Å²) in [5.41, 5.74) is 7.74. The van der Waals surface area contributed by atoms with Gasteiger partial charge in [0.15, 0.2) is 0 Å². The number of carbonyl (C=O) groups is 1. The zero-order valence-electron chi connectivity index (χ0n) is 18.1. The molecule has 1 aliphatic rings. The van der Waals surface area contributed by atoms with Crippen LogP contribution in [0.4, 0.5) is 11.6 Å². The molecular formula is C25H24N6O2. The molecule has 1 saturated heterocycles. The molecule has 3 aromatic rings. The van der Waals surface area contributed by atoms with Gasteiger partial charge in [0.05, 0.1) is 5.56 Å². The third-order valence-corrected chi connectivity index (χ3v) is 5.52. The molecule has 0 saturated carbocycles. The van der Waals surface area contributed by atoms with Gasteiger partial charge < -0.3 is 20.7 Å². The van der Waals surface area contributed by atoms with Crippen LogP contribution >= 0.6 is 0 Å². The number of para-hydroxylation sites is 1. The van der Waals surface area contributed by atoms with E-state index in [1.165, 1.54) is 6.33 Å². The van der Waals surface area contributed by atoms with Gasteiger partial charge >= 0.3 is 0 Å². The van der Waals surface area contributed by atoms with E-state index in [1.54, 1.807) is 4.90 Å². The van der Waals surface area contributed by atoms with Gasteiger partial charge in [-0.05, 0) is 42.2 Å². The molecule has 1 unspecified atom stereocenters. The monoisotopic (exact) mass is 440 g/mol. The molecule has 0 spiro atoms. The van der Waals surface area contributed by atoms with E-state index < -0.39 is 0 Å². The predicted octanol–water partition coefficient (Wildman–Crippen LogP) is 3.86. The number of nitrogens with one attached hydrogen (secondary N) is 1. The molecule has 166 valence electrons. The molecule has 2 heterocycles. The van der Waals surface area contributed by atoms with Gasteiger partial charge in [0.25, 0.3) is 5.91 Å². The Bertz CT molecular complexity index is 1190. The topological polar surface area (TPSA) is 117 Å². The van der Waals surface area contributed by atoms with Crippen molar-refractivity contribution in [3.8, 4) is 28.7 Å². The van der Waals surface area contributed by atoms with Crippen LogP contribution in [0, 0.1) is 17.2 Å². The number of ether oxygens (including phenoxy) is 1. The maximum atomic E-state index is 12.2. The van der Waals surface area contributed by atoms with Crippen molar-refractivity contribution in [2.75, 3.05) is 30.7 Å². The average molecular weight is 441 g/mol. The second-order valence-electron chi connectivity index (χ2n) is 7.80. The fourth-order valence-electron chi connectivity index (χ4n) is 3.80. The number of anilines is 2. The van der Waals surface area contributed by atoms with E-state index in [-0.39, 0.29) is 17.4 Å². The Morgan fingerprint density at radius 2 is 1.91 bits per heavy atom. The number of hydrogen-bond acceptors (Lipinski definition) is 7. The first-order chi connectivity index (χ1) is 16.0. The lowest BCUT2D eigenvalue weighted by Crippen LogP contribution is -2.30. The summed E-state index contributed by atoms with van der Waals surface area (Å²) in [6, 6.07) is 19.0. The summed E-state index contributed by atoms with van der Waals surface area (Å²) >= 11 is 0. The third-order valence-electron chi connectivity index (χ3n) is 5.52. The molecular weight excluding hydrogens is 416 g/mol. The van der Waals surface area contributed by atoms with Gasteiger partial charge in [-0.15, -0.1) is 0 Å². The van der Waals surface area contributed by atoms with Crippen LogP contribution in [0.1, 0.15) is 6.42 Å².